The highest BCUT2D eigenvalue weighted by molar-refractivity contribution is 5.70. The standard InChI is InChI=1S/C47H88O5/c1-3-5-7-9-11-13-15-17-19-21-22-23-24-26-27-29-31-33-35-37-39-41-46(49)51-44-45(43-48)52-47(50)42-40-38-36-34-32-30-28-25-20-18-16-14-12-10-8-6-4-2/h17-20,45,48H,3-16,21-44H2,1-2H3/b19-17-,20-18-/t45-/m0/s1. The molecule has 0 saturated heterocycles. The maximum absolute atomic E-state index is 12.2. The molecule has 52 heavy (non-hydrogen) atoms. The number of unbranched alkanes of at least 4 members (excludes halogenated alkanes) is 30. The number of carbonyl (C=O) groups excluding carboxylic acids is 2. The Bertz CT molecular complexity index is 791. The summed E-state index contributed by atoms with van der Waals surface area (Å²) >= 11 is 0. The topological polar surface area (TPSA) is 72.8 Å². The molecule has 5 heteroatoms. The lowest BCUT2D eigenvalue weighted by Gasteiger charge is -2.15. The Labute approximate surface area is 323 Å². The van der Waals surface area contributed by atoms with Crippen LogP contribution >= 0.6 is 0 Å². The van der Waals surface area contributed by atoms with Gasteiger partial charge in [0, 0.05) is 12.8 Å². The maximum atomic E-state index is 12.2. The van der Waals surface area contributed by atoms with Crippen molar-refractivity contribution >= 4 is 11.9 Å². The van der Waals surface area contributed by atoms with Gasteiger partial charge in [0.15, 0.2) is 6.10 Å². The van der Waals surface area contributed by atoms with E-state index in [4.69, 9.17) is 9.47 Å². The van der Waals surface area contributed by atoms with Gasteiger partial charge in [-0.1, -0.05) is 192 Å². The molecule has 0 unspecified atom stereocenters. The summed E-state index contributed by atoms with van der Waals surface area (Å²) in [6, 6.07) is 0. The van der Waals surface area contributed by atoms with Gasteiger partial charge in [-0.15, -0.1) is 0 Å². The molecule has 0 bridgehead atoms. The molecular formula is C47H88O5. The van der Waals surface area contributed by atoms with Crippen molar-refractivity contribution in [3.8, 4) is 0 Å². The van der Waals surface area contributed by atoms with Crippen LogP contribution in [0.4, 0.5) is 0 Å². The van der Waals surface area contributed by atoms with Gasteiger partial charge < -0.3 is 14.6 Å². The molecule has 0 aliphatic rings. The first-order valence-corrected chi connectivity index (χ1v) is 22.9. The predicted molar refractivity (Wildman–Crippen MR) is 224 cm³/mol. The Hall–Kier alpha value is -1.62. The number of hydrogen-bond donors (Lipinski definition) is 1. The van der Waals surface area contributed by atoms with Crippen LogP contribution in [0.25, 0.3) is 0 Å². The van der Waals surface area contributed by atoms with Crippen LogP contribution in [-0.2, 0) is 19.1 Å². The zero-order valence-corrected chi connectivity index (χ0v) is 34.8. The van der Waals surface area contributed by atoms with E-state index in [-0.39, 0.29) is 25.2 Å². The van der Waals surface area contributed by atoms with E-state index in [1.54, 1.807) is 0 Å². The zero-order valence-electron chi connectivity index (χ0n) is 34.8. The Balaban J connectivity index is 3.49. The van der Waals surface area contributed by atoms with E-state index in [0.717, 1.165) is 38.5 Å². The van der Waals surface area contributed by atoms with E-state index in [0.29, 0.717) is 12.8 Å². The minimum absolute atomic E-state index is 0.0642. The third-order valence-corrected chi connectivity index (χ3v) is 10.2. The number of allylic oxidation sites excluding steroid dienone is 4. The summed E-state index contributed by atoms with van der Waals surface area (Å²) in [4.78, 5) is 24.4. The fraction of sp³-hybridized carbons (Fsp3) is 0.872. The number of aliphatic hydroxyl groups excluding tert-OH is 1. The van der Waals surface area contributed by atoms with Crippen molar-refractivity contribution in [2.24, 2.45) is 0 Å². The van der Waals surface area contributed by atoms with E-state index >= 15 is 0 Å². The summed E-state index contributed by atoms with van der Waals surface area (Å²) in [5.74, 6) is -0.586. The molecule has 0 aliphatic carbocycles. The smallest absolute Gasteiger partial charge is 0.306 e. The zero-order chi connectivity index (χ0) is 37.8. The lowest BCUT2D eigenvalue weighted by atomic mass is 10.0. The third-order valence-electron chi connectivity index (χ3n) is 10.2. The molecule has 0 amide bonds. The fourth-order valence-electron chi connectivity index (χ4n) is 6.72. The summed E-state index contributed by atoms with van der Waals surface area (Å²) in [5, 5.41) is 9.59. The van der Waals surface area contributed by atoms with Crippen LogP contribution < -0.4 is 0 Å². The van der Waals surface area contributed by atoms with Crippen LogP contribution in [0.3, 0.4) is 0 Å². The second kappa shape index (κ2) is 43.8. The van der Waals surface area contributed by atoms with Crippen molar-refractivity contribution in [3.05, 3.63) is 24.3 Å². The minimum atomic E-state index is -0.771. The first kappa shape index (κ1) is 50.4. The van der Waals surface area contributed by atoms with Gasteiger partial charge in [0.2, 0.25) is 0 Å². The average molecular weight is 733 g/mol. The van der Waals surface area contributed by atoms with Gasteiger partial charge >= 0.3 is 11.9 Å². The molecule has 0 fully saturated rings. The van der Waals surface area contributed by atoms with Gasteiger partial charge in [0.1, 0.15) is 6.61 Å². The molecule has 306 valence electrons. The van der Waals surface area contributed by atoms with Gasteiger partial charge in [0.25, 0.3) is 0 Å². The van der Waals surface area contributed by atoms with Crippen molar-refractivity contribution in [1.29, 1.82) is 0 Å². The lowest BCUT2D eigenvalue weighted by Crippen LogP contribution is -2.28. The van der Waals surface area contributed by atoms with Gasteiger partial charge in [0.05, 0.1) is 6.61 Å². The molecule has 1 N–H and O–H groups in total. The van der Waals surface area contributed by atoms with E-state index in [9.17, 15) is 14.7 Å². The molecule has 0 aromatic heterocycles. The van der Waals surface area contributed by atoms with Gasteiger partial charge in [-0.3, -0.25) is 9.59 Å². The Kier molecular flexibility index (Phi) is 42.4. The number of esters is 2. The fourth-order valence-corrected chi connectivity index (χ4v) is 6.72. The molecule has 0 saturated carbocycles. The highest BCUT2D eigenvalue weighted by atomic mass is 16.6. The minimum Gasteiger partial charge on any atom is -0.462 e. The van der Waals surface area contributed by atoms with Crippen molar-refractivity contribution in [1.82, 2.24) is 0 Å². The Morgan fingerprint density at radius 1 is 0.423 bits per heavy atom. The second-order valence-corrected chi connectivity index (χ2v) is 15.5. The van der Waals surface area contributed by atoms with E-state index < -0.39 is 6.10 Å². The molecule has 0 aromatic rings. The van der Waals surface area contributed by atoms with Crippen LogP contribution in [-0.4, -0.2) is 36.4 Å². The number of carbonyl (C=O) groups is 2. The number of ether oxygens (including phenoxy) is 2. The van der Waals surface area contributed by atoms with Crippen molar-refractivity contribution in [2.75, 3.05) is 13.2 Å². The monoisotopic (exact) mass is 733 g/mol. The van der Waals surface area contributed by atoms with Crippen molar-refractivity contribution < 1.29 is 24.2 Å². The Morgan fingerprint density at radius 3 is 1.04 bits per heavy atom. The number of hydrogen-bond acceptors (Lipinski definition) is 5. The molecule has 0 aliphatic heterocycles. The first-order valence-electron chi connectivity index (χ1n) is 22.9. The quantitative estimate of drug-likeness (QED) is 0.0384. The summed E-state index contributed by atoms with van der Waals surface area (Å²) in [6.45, 7) is 4.15. The molecule has 0 aromatic carbocycles. The van der Waals surface area contributed by atoms with Gasteiger partial charge in [-0.2, -0.15) is 0 Å². The van der Waals surface area contributed by atoms with E-state index in [2.05, 4.69) is 38.2 Å². The second-order valence-electron chi connectivity index (χ2n) is 15.5. The van der Waals surface area contributed by atoms with Crippen molar-refractivity contribution in [3.63, 3.8) is 0 Å². The van der Waals surface area contributed by atoms with Crippen LogP contribution in [0.1, 0.15) is 245 Å². The number of aliphatic hydroxyl groups is 1. The van der Waals surface area contributed by atoms with E-state index in [1.807, 2.05) is 0 Å². The average Bonchev–Trinajstić information content (AvgIpc) is 3.15. The van der Waals surface area contributed by atoms with Gasteiger partial charge in [-0.25, -0.2) is 0 Å². The summed E-state index contributed by atoms with van der Waals surface area (Å²) in [7, 11) is 0. The van der Waals surface area contributed by atoms with Crippen LogP contribution in [0.2, 0.25) is 0 Å². The van der Waals surface area contributed by atoms with Gasteiger partial charge in [-0.05, 0) is 64.2 Å². The maximum Gasteiger partial charge on any atom is 0.306 e. The first-order chi connectivity index (χ1) is 25.6. The molecule has 1 atom stereocenters. The molecule has 0 radical (unpaired) electrons. The van der Waals surface area contributed by atoms with Crippen LogP contribution in [0.15, 0.2) is 24.3 Å². The summed E-state index contributed by atoms with van der Waals surface area (Å²) in [6.07, 6.45) is 52.5. The molecule has 0 spiro atoms. The van der Waals surface area contributed by atoms with E-state index in [1.165, 1.54) is 180 Å². The third kappa shape index (κ3) is 41.1. The van der Waals surface area contributed by atoms with Crippen LogP contribution in [0, 0.1) is 0 Å². The summed E-state index contributed by atoms with van der Waals surface area (Å²) < 4.78 is 10.6. The molecule has 0 heterocycles. The molecular weight excluding hydrogens is 645 g/mol. The molecule has 5 nitrogen and oxygen atoms in total. The predicted octanol–water partition coefficient (Wildman–Crippen LogP) is 14.6. The molecule has 0 rings (SSSR count). The largest absolute Gasteiger partial charge is 0.462 e. The Morgan fingerprint density at radius 2 is 0.712 bits per heavy atom. The SMILES string of the molecule is CCCCCCCC/C=C\CCCCCCCCCCCCCC(=O)OC[C@H](CO)OC(=O)CCCCCCCCC/C=C\CCCCCCCC. The highest BCUT2D eigenvalue weighted by Crippen LogP contribution is 2.15. The normalized spacial score (nSPS) is 12.3. The number of rotatable bonds is 42. The van der Waals surface area contributed by atoms with Crippen LogP contribution in [0.5, 0.6) is 0 Å². The summed E-state index contributed by atoms with van der Waals surface area (Å²) in [5.41, 5.74) is 0. The highest BCUT2D eigenvalue weighted by Gasteiger charge is 2.16. The van der Waals surface area contributed by atoms with Crippen molar-refractivity contribution in [2.45, 2.75) is 251 Å². The lowest BCUT2D eigenvalue weighted by molar-refractivity contribution is -0.161.